The molecule has 0 radical (unpaired) electrons. The highest BCUT2D eigenvalue weighted by Gasteiger charge is 2.14. The third kappa shape index (κ3) is 6.74. The van der Waals surface area contributed by atoms with Crippen LogP contribution in [-0.4, -0.2) is 44.4 Å². The minimum absolute atomic E-state index is 0.138. The molecule has 1 aromatic rings. The molecule has 0 bridgehead atoms. The monoisotopic (exact) mass is 337 g/mol. The van der Waals surface area contributed by atoms with Gasteiger partial charge in [0.2, 0.25) is 0 Å². The van der Waals surface area contributed by atoms with E-state index in [1.807, 2.05) is 13.8 Å². The predicted molar refractivity (Wildman–Crippen MR) is 94.1 cm³/mol. The number of nitrogens with zero attached hydrogens (tertiary/aromatic N) is 1. The number of aliphatic imine (C=N–C) groups is 1. The molecule has 24 heavy (non-hydrogen) atoms. The first-order valence-electron chi connectivity index (χ1n) is 8.73. The molecule has 1 heterocycles. The van der Waals surface area contributed by atoms with Crippen molar-refractivity contribution in [2.75, 3.05) is 26.2 Å². The van der Waals surface area contributed by atoms with Gasteiger partial charge < -0.3 is 20.1 Å². The molecule has 2 unspecified atom stereocenters. The fourth-order valence-electron chi connectivity index (χ4n) is 2.60. The van der Waals surface area contributed by atoms with Crippen LogP contribution in [0.15, 0.2) is 29.3 Å². The molecular formula is C18H28FN3O2. The molecule has 0 aliphatic carbocycles. The summed E-state index contributed by atoms with van der Waals surface area (Å²) in [5, 5.41) is 6.54. The van der Waals surface area contributed by atoms with Crippen LogP contribution in [-0.2, 0) is 4.74 Å². The van der Waals surface area contributed by atoms with Gasteiger partial charge >= 0.3 is 0 Å². The van der Waals surface area contributed by atoms with E-state index in [-0.39, 0.29) is 11.9 Å². The average molecular weight is 337 g/mol. The third-order valence-electron chi connectivity index (χ3n) is 3.77. The number of hydrogen-bond donors (Lipinski definition) is 2. The Morgan fingerprint density at radius 2 is 2.33 bits per heavy atom. The van der Waals surface area contributed by atoms with E-state index in [4.69, 9.17) is 9.47 Å². The molecule has 0 saturated carbocycles. The summed E-state index contributed by atoms with van der Waals surface area (Å²) in [5.41, 5.74) is 0. The van der Waals surface area contributed by atoms with Crippen molar-refractivity contribution >= 4 is 5.96 Å². The summed E-state index contributed by atoms with van der Waals surface area (Å²) >= 11 is 0. The first-order chi connectivity index (χ1) is 11.7. The van der Waals surface area contributed by atoms with Gasteiger partial charge in [-0.2, -0.15) is 0 Å². The van der Waals surface area contributed by atoms with E-state index in [1.165, 1.54) is 12.1 Å². The van der Waals surface area contributed by atoms with Gasteiger partial charge in [0.1, 0.15) is 17.7 Å². The summed E-state index contributed by atoms with van der Waals surface area (Å²) in [6.07, 6.45) is 3.53. The zero-order valence-electron chi connectivity index (χ0n) is 14.6. The van der Waals surface area contributed by atoms with Crippen LogP contribution in [0.2, 0.25) is 0 Å². The highest BCUT2D eigenvalue weighted by molar-refractivity contribution is 5.79. The van der Waals surface area contributed by atoms with Gasteiger partial charge in [-0.3, -0.25) is 0 Å². The molecule has 2 N–H and O–H groups in total. The summed E-state index contributed by atoms with van der Waals surface area (Å²) in [6.45, 7) is 6.95. The smallest absolute Gasteiger partial charge is 0.191 e. The third-order valence-corrected chi connectivity index (χ3v) is 3.77. The van der Waals surface area contributed by atoms with E-state index >= 15 is 0 Å². The summed E-state index contributed by atoms with van der Waals surface area (Å²) in [7, 11) is 0. The van der Waals surface area contributed by atoms with Crippen molar-refractivity contribution in [3.05, 3.63) is 30.1 Å². The predicted octanol–water partition coefficient (Wildman–Crippen LogP) is 2.72. The normalized spacial score (nSPS) is 19.1. The maximum Gasteiger partial charge on any atom is 0.191 e. The van der Waals surface area contributed by atoms with Crippen molar-refractivity contribution in [3.8, 4) is 5.75 Å². The van der Waals surface area contributed by atoms with E-state index < -0.39 is 0 Å². The van der Waals surface area contributed by atoms with E-state index in [9.17, 15) is 4.39 Å². The fourth-order valence-corrected chi connectivity index (χ4v) is 2.60. The van der Waals surface area contributed by atoms with Crippen LogP contribution in [0, 0.1) is 5.82 Å². The molecule has 6 heteroatoms. The Hall–Kier alpha value is -1.82. The van der Waals surface area contributed by atoms with Gasteiger partial charge in [-0.05, 0) is 45.2 Å². The molecule has 0 amide bonds. The number of rotatable bonds is 8. The molecule has 1 fully saturated rings. The number of ether oxygens (including phenoxy) is 2. The van der Waals surface area contributed by atoms with Gasteiger partial charge in [-0.1, -0.05) is 6.07 Å². The van der Waals surface area contributed by atoms with Crippen molar-refractivity contribution in [2.24, 2.45) is 4.99 Å². The highest BCUT2D eigenvalue weighted by atomic mass is 19.1. The summed E-state index contributed by atoms with van der Waals surface area (Å²) in [4.78, 5) is 4.53. The van der Waals surface area contributed by atoms with Crippen LogP contribution < -0.4 is 15.4 Å². The number of benzene rings is 1. The zero-order valence-corrected chi connectivity index (χ0v) is 14.6. The van der Waals surface area contributed by atoms with E-state index in [0.29, 0.717) is 18.4 Å². The lowest BCUT2D eigenvalue weighted by Gasteiger charge is -2.16. The number of guanidine groups is 1. The van der Waals surface area contributed by atoms with Gasteiger partial charge in [-0.15, -0.1) is 0 Å². The van der Waals surface area contributed by atoms with Crippen molar-refractivity contribution < 1.29 is 13.9 Å². The van der Waals surface area contributed by atoms with Crippen LogP contribution in [0.1, 0.15) is 33.1 Å². The molecule has 1 saturated heterocycles. The largest absolute Gasteiger partial charge is 0.489 e. The molecule has 0 aromatic heterocycles. The highest BCUT2D eigenvalue weighted by Crippen LogP contribution is 2.15. The lowest BCUT2D eigenvalue weighted by Crippen LogP contribution is -2.39. The Morgan fingerprint density at radius 1 is 1.46 bits per heavy atom. The van der Waals surface area contributed by atoms with Crippen LogP contribution in [0.5, 0.6) is 5.75 Å². The Morgan fingerprint density at radius 3 is 3.04 bits per heavy atom. The molecule has 1 aliphatic heterocycles. The van der Waals surface area contributed by atoms with E-state index in [2.05, 4.69) is 15.6 Å². The topological polar surface area (TPSA) is 54.9 Å². The SMILES string of the molecule is CCNC(=NCC(C)Oc1cccc(F)c1)NCCC1CCCO1. The Labute approximate surface area is 143 Å². The maximum absolute atomic E-state index is 13.2. The molecule has 134 valence electrons. The van der Waals surface area contributed by atoms with Crippen LogP contribution in [0.25, 0.3) is 0 Å². The standard InChI is InChI=1S/C18H28FN3O2/c1-3-20-18(21-10-9-16-8-5-11-23-16)22-13-14(2)24-17-7-4-6-15(19)12-17/h4,6-7,12,14,16H,3,5,8-11,13H2,1-2H3,(H2,20,21,22). The molecule has 1 aromatic carbocycles. The molecule has 2 atom stereocenters. The van der Waals surface area contributed by atoms with Crippen molar-refractivity contribution in [1.82, 2.24) is 10.6 Å². The Bertz CT molecular complexity index is 519. The Kier molecular flexibility index (Phi) is 7.82. The fraction of sp³-hybridized carbons (Fsp3) is 0.611. The second kappa shape index (κ2) is 10.1. The maximum atomic E-state index is 13.2. The molecule has 5 nitrogen and oxygen atoms in total. The Balaban J connectivity index is 1.75. The van der Waals surface area contributed by atoms with Gasteiger partial charge in [0.25, 0.3) is 0 Å². The molecular weight excluding hydrogens is 309 g/mol. The van der Waals surface area contributed by atoms with Gasteiger partial charge in [0, 0.05) is 25.8 Å². The summed E-state index contributed by atoms with van der Waals surface area (Å²) in [5.74, 6) is 0.992. The lowest BCUT2D eigenvalue weighted by atomic mass is 10.2. The number of halogens is 1. The van der Waals surface area contributed by atoms with Gasteiger partial charge in [-0.25, -0.2) is 9.38 Å². The zero-order chi connectivity index (χ0) is 17.2. The molecule has 0 spiro atoms. The van der Waals surface area contributed by atoms with Crippen LogP contribution in [0.3, 0.4) is 0 Å². The minimum atomic E-state index is -0.299. The van der Waals surface area contributed by atoms with Crippen LogP contribution in [0.4, 0.5) is 4.39 Å². The van der Waals surface area contributed by atoms with Gasteiger partial charge in [0.05, 0.1) is 12.6 Å². The van der Waals surface area contributed by atoms with Crippen molar-refractivity contribution in [2.45, 2.75) is 45.3 Å². The van der Waals surface area contributed by atoms with Crippen LogP contribution >= 0.6 is 0 Å². The molecule has 1 aliphatic rings. The van der Waals surface area contributed by atoms with E-state index in [0.717, 1.165) is 44.9 Å². The first-order valence-corrected chi connectivity index (χ1v) is 8.73. The second-order valence-corrected chi connectivity index (χ2v) is 5.96. The first kappa shape index (κ1) is 18.5. The van der Waals surface area contributed by atoms with Crippen molar-refractivity contribution in [3.63, 3.8) is 0 Å². The number of hydrogen-bond acceptors (Lipinski definition) is 3. The average Bonchev–Trinajstić information content (AvgIpc) is 3.06. The summed E-state index contributed by atoms with van der Waals surface area (Å²) < 4.78 is 24.5. The second-order valence-electron chi connectivity index (χ2n) is 5.96. The van der Waals surface area contributed by atoms with E-state index in [1.54, 1.807) is 12.1 Å². The number of nitrogens with one attached hydrogen (secondary N) is 2. The quantitative estimate of drug-likeness (QED) is 0.566. The lowest BCUT2D eigenvalue weighted by molar-refractivity contribution is 0.105. The van der Waals surface area contributed by atoms with Crippen molar-refractivity contribution in [1.29, 1.82) is 0 Å². The molecule has 2 rings (SSSR count). The summed E-state index contributed by atoms with van der Waals surface area (Å²) in [6, 6.07) is 6.16. The van der Waals surface area contributed by atoms with Gasteiger partial charge in [0.15, 0.2) is 5.96 Å². The minimum Gasteiger partial charge on any atom is -0.489 e.